The van der Waals surface area contributed by atoms with Crippen LogP contribution in [0.25, 0.3) is 22.4 Å². The minimum Gasteiger partial charge on any atom is -0.494 e. The summed E-state index contributed by atoms with van der Waals surface area (Å²) in [4.78, 5) is 21.2. The summed E-state index contributed by atoms with van der Waals surface area (Å²) < 4.78 is 50.8. The number of carbonyl (C=O) groups is 1. The van der Waals surface area contributed by atoms with Crippen molar-refractivity contribution in [3.05, 3.63) is 76.3 Å². The number of nitrogens with zero attached hydrogens (tertiary/aromatic N) is 2. The molecule has 37 heavy (non-hydrogen) atoms. The normalized spacial score (nSPS) is 12.5. The summed E-state index contributed by atoms with van der Waals surface area (Å²) in [6.07, 6.45) is -4.65. The molecule has 0 radical (unpaired) electrons. The molecule has 0 aliphatic carbocycles. The van der Waals surface area contributed by atoms with Gasteiger partial charge in [0.05, 0.1) is 19.8 Å². The van der Waals surface area contributed by atoms with E-state index in [0.29, 0.717) is 0 Å². The number of pyridine rings is 1. The van der Waals surface area contributed by atoms with Crippen molar-refractivity contribution in [2.24, 2.45) is 5.73 Å². The van der Waals surface area contributed by atoms with E-state index in [0.717, 1.165) is 22.8 Å². The van der Waals surface area contributed by atoms with Crippen molar-refractivity contribution in [3.8, 4) is 17.2 Å². The summed E-state index contributed by atoms with van der Waals surface area (Å²) in [5, 5.41) is 12.7. The maximum absolute atomic E-state index is 13.3. The van der Waals surface area contributed by atoms with Gasteiger partial charge in [-0.2, -0.15) is 13.2 Å². The summed E-state index contributed by atoms with van der Waals surface area (Å²) in [5.74, 6) is -0.576. The lowest BCUT2D eigenvalue weighted by molar-refractivity contribution is -0.140. The first kappa shape index (κ1) is 26.1. The molecule has 2 aromatic heterocycles. The molecule has 4 rings (SSSR count). The number of methoxy groups -OCH3 is 1. The third-order valence-corrected chi connectivity index (χ3v) is 6.03. The van der Waals surface area contributed by atoms with Crippen molar-refractivity contribution >= 4 is 16.8 Å². The monoisotopic (exact) mass is 514 g/mol. The Labute approximate surface area is 210 Å². The van der Waals surface area contributed by atoms with Crippen LogP contribution in [0.4, 0.5) is 13.2 Å². The minimum atomic E-state index is -4.65. The molecule has 1 amide bonds. The summed E-state index contributed by atoms with van der Waals surface area (Å²) in [5.41, 5.74) is 7.94. The molecule has 0 bridgehead atoms. The van der Waals surface area contributed by atoms with Crippen molar-refractivity contribution < 1.29 is 32.2 Å². The topological polar surface area (TPSA) is 124 Å². The van der Waals surface area contributed by atoms with E-state index in [1.807, 2.05) is 32.0 Å². The van der Waals surface area contributed by atoms with Gasteiger partial charge in [0.15, 0.2) is 11.5 Å². The number of hydrogen-bond acceptors (Lipinski definition) is 7. The maximum Gasteiger partial charge on any atom is 0.433 e. The molecule has 8 nitrogen and oxygen atoms in total. The molecule has 0 spiro atoms. The zero-order valence-electron chi connectivity index (χ0n) is 20.3. The molecule has 0 aliphatic heterocycles. The molecule has 0 saturated carbocycles. The van der Waals surface area contributed by atoms with Crippen LogP contribution >= 0.6 is 0 Å². The number of aromatic nitrogens is 2. The lowest BCUT2D eigenvalue weighted by Crippen LogP contribution is -2.27. The van der Waals surface area contributed by atoms with E-state index in [-0.39, 0.29) is 46.1 Å². The summed E-state index contributed by atoms with van der Waals surface area (Å²) >= 11 is 0. The molecular formula is C26H25F3N4O4. The highest BCUT2D eigenvalue weighted by Gasteiger charge is 2.33. The van der Waals surface area contributed by atoms with E-state index >= 15 is 0 Å². The predicted octanol–water partition coefficient (Wildman–Crippen LogP) is 4.46. The lowest BCUT2D eigenvalue weighted by atomic mass is 10.0. The fourth-order valence-corrected chi connectivity index (χ4v) is 4.03. The van der Waals surface area contributed by atoms with Crippen molar-refractivity contribution in [3.63, 3.8) is 0 Å². The average molecular weight is 515 g/mol. The summed E-state index contributed by atoms with van der Waals surface area (Å²) in [6, 6.07) is 9.78. The van der Waals surface area contributed by atoms with Gasteiger partial charge in [-0.3, -0.25) is 4.79 Å². The van der Waals surface area contributed by atoms with Gasteiger partial charge in [0.2, 0.25) is 5.89 Å². The van der Waals surface area contributed by atoms with Crippen molar-refractivity contribution in [1.29, 1.82) is 0 Å². The van der Waals surface area contributed by atoms with Gasteiger partial charge < -0.3 is 25.3 Å². The molecule has 11 heteroatoms. The van der Waals surface area contributed by atoms with Gasteiger partial charge in [-0.25, -0.2) is 9.97 Å². The van der Waals surface area contributed by atoms with Gasteiger partial charge >= 0.3 is 6.18 Å². The van der Waals surface area contributed by atoms with Gasteiger partial charge in [0.1, 0.15) is 17.0 Å². The number of ether oxygens (including phenoxy) is 1. The number of rotatable bonds is 7. The molecule has 2 aromatic carbocycles. The Balaban J connectivity index is 1.77. The van der Waals surface area contributed by atoms with Crippen molar-refractivity contribution in [1.82, 2.24) is 15.3 Å². The highest BCUT2D eigenvalue weighted by molar-refractivity contribution is 5.98. The van der Waals surface area contributed by atoms with Crippen LogP contribution in [-0.4, -0.2) is 34.7 Å². The van der Waals surface area contributed by atoms with Gasteiger partial charge in [-0.05, 0) is 54.8 Å². The van der Waals surface area contributed by atoms with Crippen LogP contribution < -0.4 is 15.8 Å². The number of hydrogen-bond donors (Lipinski definition) is 3. The summed E-state index contributed by atoms with van der Waals surface area (Å²) in [6.45, 7) is 3.57. The van der Waals surface area contributed by atoms with Crippen molar-refractivity contribution in [2.45, 2.75) is 32.6 Å². The standard InChI is InChI=1S/C26H25F3N4O4/c1-13-5-4-6-14(2)17(13)11-31-24(35)22-23(18(30)12-34)37-25(33-22)16-7-9-19(36-3)21-15(16)8-10-20(32-21)26(27,28)29/h4-10,18,34H,11-12,30H2,1-3H3,(H,31,35). The van der Waals surface area contributed by atoms with Crippen LogP contribution in [0.1, 0.15) is 44.7 Å². The fourth-order valence-electron chi connectivity index (χ4n) is 4.03. The van der Waals surface area contributed by atoms with E-state index in [4.69, 9.17) is 14.9 Å². The highest BCUT2D eigenvalue weighted by atomic mass is 19.4. The average Bonchev–Trinajstić information content (AvgIpc) is 3.31. The van der Waals surface area contributed by atoms with Crippen LogP contribution in [0, 0.1) is 13.8 Å². The van der Waals surface area contributed by atoms with E-state index in [1.54, 1.807) is 0 Å². The number of benzene rings is 2. The van der Waals surface area contributed by atoms with E-state index in [2.05, 4.69) is 15.3 Å². The molecule has 1 atom stereocenters. The number of aliphatic hydroxyl groups excluding tert-OH is 1. The molecule has 0 saturated heterocycles. The van der Waals surface area contributed by atoms with Gasteiger partial charge in [0, 0.05) is 17.5 Å². The number of carbonyl (C=O) groups excluding carboxylic acids is 1. The largest absolute Gasteiger partial charge is 0.494 e. The molecule has 194 valence electrons. The summed E-state index contributed by atoms with van der Waals surface area (Å²) in [7, 11) is 1.32. The predicted molar refractivity (Wildman–Crippen MR) is 130 cm³/mol. The smallest absolute Gasteiger partial charge is 0.433 e. The van der Waals surface area contributed by atoms with Crippen LogP contribution in [0.2, 0.25) is 0 Å². The zero-order valence-corrected chi connectivity index (χ0v) is 20.3. The Hall–Kier alpha value is -3.96. The van der Waals surface area contributed by atoms with Crippen molar-refractivity contribution in [2.75, 3.05) is 13.7 Å². The first-order valence-electron chi connectivity index (χ1n) is 11.3. The third-order valence-electron chi connectivity index (χ3n) is 6.03. The molecule has 4 aromatic rings. The quantitative estimate of drug-likeness (QED) is 0.333. The van der Waals surface area contributed by atoms with E-state index < -0.39 is 30.4 Å². The Bertz CT molecular complexity index is 1450. The first-order chi connectivity index (χ1) is 17.5. The van der Waals surface area contributed by atoms with Crippen LogP contribution in [0.15, 0.2) is 46.9 Å². The molecule has 0 fully saturated rings. The van der Waals surface area contributed by atoms with Gasteiger partial charge in [0.25, 0.3) is 5.91 Å². The van der Waals surface area contributed by atoms with E-state index in [1.165, 1.54) is 25.3 Å². The maximum atomic E-state index is 13.3. The second-order valence-corrected chi connectivity index (χ2v) is 8.48. The number of aliphatic hydroxyl groups is 1. The number of halogens is 3. The molecular weight excluding hydrogens is 489 g/mol. The van der Waals surface area contributed by atoms with Gasteiger partial charge in [-0.1, -0.05) is 18.2 Å². The molecule has 4 N–H and O–H groups in total. The SMILES string of the molecule is COc1ccc(-c2nc(C(=O)NCc3c(C)cccc3C)c(C(N)CO)o2)c2ccc(C(F)(F)F)nc12. The number of fused-ring (bicyclic) bond motifs is 1. The Morgan fingerprint density at radius 2 is 1.84 bits per heavy atom. The zero-order chi connectivity index (χ0) is 26.9. The second kappa shape index (κ2) is 10.2. The number of amides is 1. The Kier molecular flexibility index (Phi) is 7.19. The number of aryl methyl sites for hydroxylation is 2. The first-order valence-corrected chi connectivity index (χ1v) is 11.3. The fraction of sp³-hybridized carbons (Fsp3) is 0.269. The Morgan fingerprint density at radius 1 is 1.14 bits per heavy atom. The Morgan fingerprint density at radius 3 is 2.46 bits per heavy atom. The molecule has 1 unspecified atom stereocenters. The lowest BCUT2D eigenvalue weighted by Gasteiger charge is -2.11. The number of alkyl halides is 3. The van der Waals surface area contributed by atoms with Crippen LogP contribution in [-0.2, 0) is 12.7 Å². The van der Waals surface area contributed by atoms with E-state index in [9.17, 15) is 23.1 Å². The minimum absolute atomic E-state index is 0.0536. The number of oxazole rings is 1. The van der Waals surface area contributed by atoms with Crippen LogP contribution in [0.3, 0.4) is 0 Å². The molecule has 2 heterocycles. The van der Waals surface area contributed by atoms with Crippen LogP contribution in [0.5, 0.6) is 5.75 Å². The number of nitrogens with one attached hydrogen (secondary N) is 1. The third kappa shape index (κ3) is 5.13. The molecule has 0 aliphatic rings. The number of nitrogens with two attached hydrogens (primary N) is 1. The highest BCUT2D eigenvalue weighted by Crippen LogP contribution is 2.37. The van der Waals surface area contributed by atoms with Gasteiger partial charge in [-0.15, -0.1) is 0 Å². The second-order valence-electron chi connectivity index (χ2n) is 8.48.